The van der Waals surface area contributed by atoms with Gasteiger partial charge in [-0.15, -0.1) is 0 Å². The van der Waals surface area contributed by atoms with Crippen LogP contribution in [0.1, 0.15) is 12.8 Å². The molecule has 1 saturated carbocycles. The Labute approximate surface area is 76.3 Å². The third-order valence-electron chi connectivity index (χ3n) is 3.38. The van der Waals surface area contributed by atoms with E-state index in [-0.39, 0.29) is 11.8 Å². The molecular formula is C9H13FN2O. The van der Waals surface area contributed by atoms with Crippen LogP contribution in [0, 0.1) is 5.92 Å². The second-order valence-corrected chi connectivity index (χ2v) is 4.31. The minimum absolute atomic E-state index is 0.0650. The van der Waals surface area contributed by atoms with Gasteiger partial charge in [-0.3, -0.25) is 4.79 Å². The zero-order chi connectivity index (χ0) is 9.00. The molecule has 4 atom stereocenters. The minimum atomic E-state index is -0.846. The van der Waals surface area contributed by atoms with Crippen molar-refractivity contribution in [2.45, 2.75) is 31.1 Å². The lowest BCUT2D eigenvalue weighted by atomic mass is 9.88. The number of amides is 1. The normalized spacial score (nSPS) is 47.0. The maximum atomic E-state index is 12.7. The molecule has 2 unspecified atom stereocenters. The predicted molar refractivity (Wildman–Crippen MR) is 44.9 cm³/mol. The summed E-state index contributed by atoms with van der Waals surface area (Å²) in [6.07, 6.45) is 0.728. The molecule has 3 fully saturated rings. The molecule has 2 saturated heterocycles. The van der Waals surface area contributed by atoms with Crippen LogP contribution in [0.3, 0.4) is 0 Å². The molecule has 1 aliphatic carbocycles. The molecule has 0 radical (unpaired) electrons. The highest BCUT2D eigenvalue weighted by atomic mass is 19.1. The van der Waals surface area contributed by atoms with E-state index in [0.29, 0.717) is 18.5 Å². The Balaban J connectivity index is 1.69. The first-order chi connectivity index (χ1) is 6.27. The van der Waals surface area contributed by atoms with Crippen LogP contribution in [0.25, 0.3) is 0 Å². The fraction of sp³-hybridized carbons (Fsp3) is 0.889. The molecule has 13 heavy (non-hydrogen) atoms. The van der Waals surface area contributed by atoms with Crippen molar-refractivity contribution in [3.05, 3.63) is 0 Å². The third-order valence-corrected chi connectivity index (χ3v) is 3.38. The monoisotopic (exact) mass is 184 g/mol. The SMILES string of the molecule is O=C([C@H]1C[C@@H]1F)N1C2CNCC1C2. The van der Waals surface area contributed by atoms with Crippen molar-refractivity contribution in [2.24, 2.45) is 5.92 Å². The van der Waals surface area contributed by atoms with E-state index in [2.05, 4.69) is 5.32 Å². The van der Waals surface area contributed by atoms with Crippen molar-refractivity contribution in [3.63, 3.8) is 0 Å². The summed E-state index contributed by atoms with van der Waals surface area (Å²) in [6.45, 7) is 1.79. The molecule has 3 nitrogen and oxygen atoms in total. The number of rotatable bonds is 1. The number of nitrogens with zero attached hydrogens (tertiary/aromatic N) is 1. The van der Waals surface area contributed by atoms with Crippen molar-refractivity contribution in [1.82, 2.24) is 10.2 Å². The Morgan fingerprint density at radius 2 is 1.92 bits per heavy atom. The Morgan fingerprint density at radius 3 is 2.38 bits per heavy atom. The topological polar surface area (TPSA) is 32.3 Å². The highest BCUT2D eigenvalue weighted by molar-refractivity contribution is 5.83. The molecule has 0 spiro atoms. The van der Waals surface area contributed by atoms with Gasteiger partial charge >= 0.3 is 0 Å². The molecule has 3 rings (SSSR count). The number of nitrogens with one attached hydrogen (secondary N) is 1. The van der Waals surface area contributed by atoms with E-state index in [4.69, 9.17) is 0 Å². The van der Waals surface area contributed by atoms with Crippen molar-refractivity contribution in [1.29, 1.82) is 0 Å². The number of hydrogen-bond donors (Lipinski definition) is 1. The van der Waals surface area contributed by atoms with Gasteiger partial charge in [0.05, 0.1) is 5.92 Å². The van der Waals surface area contributed by atoms with Crippen LogP contribution >= 0.6 is 0 Å². The second-order valence-electron chi connectivity index (χ2n) is 4.31. The van der Waals surface area contributed by atoms with Gasteiger partial charge in [-0.2, -0.15) is 0 Å². The molecule has 2 heterocycles. The van der Waals surface area contributed by atoms with Crippen LogP contribution in [0.15, 0.2) is 0 Å². The molecule has 3 aliphatic rings. The van der Waals surface area contributed by atoms with Gasteiger partial charge in [0.2, 0.25) is 5.91 Å². The Morgan fingerprint density at radius 1 is 1.31 bits per heavy atom. The summed E-state index contributed by atoms with van der Waals surface area (Å²) in [6, 6.07) is 0.720. The molecule has 2 aliphatic heterocycles. The van der Waals surface area contributed by atoms with Gasteiger partial charge < -0.3 is 10.2 Å². The summed E-state index contributed by atoms with van der Waals surface area (Å²) in [5.74, 6) is -0.223. The summed E-state index contributed by atoms with van der Waals surface area (Å²) >= 11 is 0. The number of halogens is 1. The maximum Gasteiger partial charge on any atom is 0.229 e. The molecule has 72 valence electrons. The van der Waals surface area contributed by atoms with Gasteiger partial charge in [0.15, 0.2) is 0 Å². The van der Waals surface area contributed by atoms with Crippen molar-refractivity contribution >= 4 is 5.91 Å². The van der Waals surface area contributed by atoms with E-state index in [1.807, 2.05) is 4.90 Å². The highest BCUT2D eigenvalue weighted by Gasteiger charge is 2.52. The van der Waals surface area contributed by atoms with E-state index >= 15 is 0 Å². The minimum Gasteiger partial charge on any atom is -0.334 e. The average Bonchev–Trinajstić information content (AvgIpc) is 2.84. The van der Waals surface area contributed by atoms with Gasteiger partial charge in [-0.25, -0.2) is 4.39 Å². The molecule has 1 N–H and O–H groups in total. The highest BCUT2D eigenvalue weighted by Crippen LogP contribution is 2.40. The number of hydrogen-bond acceptors (Lipinski definition) is 2. The van der Waals surface area contributed by atoms with Gasteiger partial charge in [-0.05, 0) is 12.8 Å². The van der Waals surface area contributed by atoms with Crippen molar-refractivity contribution < 1.29 is 9.18 Å². The molecule has 0 aromatic rings. The third kappa shape index (κ3) is 1.01. The number of carbonyl (C=O) groups is 1. The van der Waals surface area contributed by atoms with E-state index in [9.17, 15) is 9.18 Å². The van der Waals surface area contributed by atoms with Gasteiger partial charge in [-0.1, -0.05) is 0 Å². The summed E-state index contributed by atoms with van der Waals surface area (Å²) in [5.41, 5.74) is 0. The van der Waals surface area contributed by atoms with E-state index in [1.165, 1.54) is 0 Å². The fourth-order valence-corrected chi connectivity index (χ4v) is 2.45. The fourth-order valence-electron chi connectivity index (χ4n) is 2.45. The Kier molecular flexibility index (Phi) is 1.45. The summed E-state index contributed by atoms with van der Waals surface area (Å²) in [5, 5.41) is 3.25. The number of piperazine rings is 1. The zero-order valence-electron chi connectivity index (χ0n) is 7.37. The first-order valence-corrected chi connectivity index (χ1v) is 4.94. The summed E-state index contributed by atoms with van der Waals surface area (Å²) in [4.78, 5) is 13.6. The van der Waals surface area contributed by atoms with E-state index in [1.54, 1.807) is 0 Å². The van der Waals surface area contributed by atoms with Crippen molar-refractivity contribution in [2.75, 3.05) is 13.1 Å². The number of carbonyl (C=O) groups excluding carboxylic acids is 1. The van der Waals surface area contributed by atoms with Gasteiger partial charge in [0.25, 0.3) is 0 Å². The summed E-state index contributed by atoms with van der Waals surface area (Å²) in [7, 11) is 0. The molecule has 0 aromatic carbocycles. The van der Waals surface area contributed by atoms with Crippen LogP contribution in [0.4, 0.5) is 4.39 Å². The first-order valence-electron chi connectivity index (χ1n) is 4.94. The quantitative estimate of drug-likeness (QED) is 0.618. The standard InChI is InChI=1S/C9H13FN2O/c10-8-2-7(8)9(13)12-5-1-6(12)4-11-3-5/h5-8,11H,1-4H2/t5?,6?,7-,8-/m0/s1. The molecule has 0 aromatic heterocycles. The lowest BCUT2D eigenvalue weighted by Crippen LogP contribution is -2.69. The maximum absolute atomic E-state index is 12.7. The number of piperidine rings is 1. The van der Waals surface area contributed by atoms with E-state index in [0.717, 1.165) is 19.5 Å². The van der Waals surface area contributed by atoms with Gasteiger partial charge in [0.1, 0.15) is 6.17 Å². The molecule has 2 bridgehead atoms. The van der Waals surface area contributed by atoms with Crippen LogP contribution < -0.4 is 5.32 Å². The van der Waals surface area contributed by atoms with Gasteiger partial charge in [0, 0.05) is 25.2 Å². The second kappa shape index (κ2) is 2.44. The van der Waals surface area contributed by atoms with Crippen LogP contribution in [-0.2, 0) is 4.79 Å². The first kappa shape index (κ1) is 7.74. The van der Waals surface area contributed by atoms with Crippen LogP contribution in [-0.4, -0.2) is 42.2 Å². The lowest BCUT2D eigenvalue weighted by Gasteiger charge is -2.53. The largest absolute Gasteiger partial charge is 0.334 e. The lowest BCUT2D eigenvalue weighted by molar-refractivity contribution is -0.149. The smallest absolute Gasteiger partial charge is 0.229 e. The van der Waals surface area contributed by atoms with Crippen molar-refractivity contribution in [3.8, 4) is 0 Å². The van der Waals surface area contributed by atoms with Crippen LogP contribution in [0.2, 0.25) is 0 Å². The molecule has 1 amide bonds. The Hall–Kier alpha value is -0.640. The van der Waals surface area contributed by atoms with E-state index < -0.39 is 6.17 Å². The number of alkyl halides is 1. The summed E-state index contributed by atoms with van der Waals surface area (Å²) < 4.78 is 12.7. The number of fused-ring (bicyclic) bond motifs is 2. The Bertz CT molecular complexity index is 244. The average molecular weight is 184 g/mol. The van der Waals surface area contributed by atoms with Crippen LogP contribution in [0.5, 0.6) is 0 Å². The molecular weight excluding hydrogens is 171 g/mol. The predicted octanol–water partition coefficient (Wildman–Crippen LogP) is -0.0829. The zero-order valence-corrected chi connectivity index (χ0v) is 7.37. The molecule has 4 heteroatoms.